The molecule has 0 bridgehead atoms. The standard InChI is InChI=1S/C17H20BrNO2/c1-10-9-14(18)11(2)15(17(10)21-4)16(19)12-5-7-13(20-3)8-6-12/h5-9,16H,19H2,1-4H3. The Labute approximate surface area is 134 Å². The number of ether oxygens (including phenoxy) is 2. The predicted molar refractivity (Wildman–Crippen MR) is 89.2 cm³/mol. The van der Waals surface area contributed by atoms with Crippen molar-refractivity contribution in [3.63, 3.8) is 0 Å². The van der Waals surface area contributed by atoms with Gasteiger partial charge in [0.15, 0.2) is 0 Å². The first-order valence-corrected chi connectivity index (χ1v) is 7.52. The van der Waals surface area contributed by atoms with Gasteiger partial charge in [0, 0.05) is 10.0 Å². The van der Waals surface area contributed by atoms with Gasteiger partial charge >= 0.3 is 0 Å². The van der Waals surface area contributed by atoms with Crippen molar-refractivity contribution in [3.05, 3.63) is 57.1 Å². The lowest BCUT2D eigenvalue weighted by Crippen LogP contribution is -2.15. The van der Waals surface area contributed by atoms with Gasteiger partial charge in [-0.3, -0.25) is 0 Å². The second kappa shape index (κ2) is 6.50. The molecule has 2 aromatic rings. The van der Waals surface area contributed by atoms with Crippen molar-refractivity contribution in [1.29, 1.82) is 0 Å². The zero-order valence-electron chi connectivity index (χ0n) is 12.7. The Morgan fingerprint density at radius 3 is 2.19 bits per heavy atom. The van der Waals surface area contributed by atoms with Crippen LogP contribution in [0.2, 0.25) is 0 Å². The van der Waals surface area contributed by atoms with E-state index in [2.05, 4.69) is 22.0 Å². The van der Waals surface area contributed by atoms with Crippen molar-refractivity contribution >= 4 is 15.9 Å². The number of benzene rings is 2. The zero-order valence-corrected chi connectivity index (χ0v) is 14.3. The molecule has 0 aliphatic carbocycles. The number of hydrogen-bond donors (Lipinski definition) is 1. The Bertz CT molecular complexity index is 638. The van der Waals surface area contributed by atoms with Gasteiger partial charge in [0.25, 0.3) is 0 Å². The van der Waals surface area contributed by atoms with Crippen LogP contribution in [0.25, 0.3) is 0 Å². The van der Waals surface area contributed by atoms with Crippen LogP contribution in [0, 0.1) is 13.8 Å². The SMILES string of the molecule is COc1ccc(C(N)c2c(C)c(Br)cc(C)c2OC)cc1. The van der Waals surface area contributed by atoms with Gasteiger partial charge in [0.05, 0.1) is 20.3 Å². The van der Waals surface area contributed by atoms with E-state index in [1.807, 2.05) is 38.1 Å². The minimum atomic E-state index is -0.248. The Morgan fingerprint density at radius 2 is 1.67 bits per heavy atom. The van der Waals surface area contributed by atoms with Crippen LogP contribution < -0.4 is 15.2 Å². The smallest absolute Gasteiger partial charge is 0.127 e. The molecule has 2 rings (SSSR count). The molecule has 1 atom stereocenters. The van der Waals surface area contributed by atoms with Crippen molar-refractivity contribution in [2.75, 3.05) is 14.2 Å². The highest BCUT2D eigenvalue weighted by molar-refractivity contribution is 9.10. The van der Waals surface area contributed by atoms with Crippen LogP contribution in [0.5, 0.6) is 11.5 Å². The fraction of sp³-hybridized carbons (Fsp3) is 0.294. The van der Waals surface area contributed by atoms with Crippen LogP contribution in [0.1, 0.15) is 28.3 Å². The molecule has 0 aliphatic rings. The zero-order chi connectivity index (χ0) is 15.6. The Morgan fingerprint density at radius 1 is 1.05 bits per heavy atom. The van der Waals surface area contributed by atoms with E-state index in [0.717, 1.165) is 38.2 Å². The molecule has 0 saturated carbocycles. The summed E-state index contributed by atoms with van der Waals surface area (Å²) in [5, 5.41) is 0. The van der Waals surface area contributed by atoms with Crippen molar-refractivity contribution < 1.29 is 9.47 Å². The molecule has 0 saturated heterocycles. The van der Waals surface area contributed by atoms with Gasteiger partial charge in [-0.15, -0.1) is 0 Å². The monoisotopic (exact) mass is 349 g/mol. The lowest BCUT2D eigenvalue weighted by Gasteiger charge is -2.21. The van der Waals surface area contributed by atoms with E-state index in [4.69, 9.17) is 15.2 Å². The van der Waals surface area contributed by atoms with E-state index in [-0.39, 0.29) is 6.04 Å². The molecular formula is C17H20BrNO2. The second-order valence-corrected chi connectivity index (χ2v) is 5.85. The molecule has 0 aromatic heterocycles. The van der Waals surface area contributed by atoms with Crippen LogP contribution in [-0.4, -0.2) is 14.2 Å². The van der Waals surface area contributed by atoms with Gasteiger partial charge in [0.2, 0.25) is 0 Å². The van der Waals surface area contributed by atoms with E-state index in [9.17, 15) is 0 Å². The van der Waals surface area contributed by atoms with Gasteiger partial charge in [-0.25, -0.2) is 0 Å². The third kappa shape index (κ3) is 3.06. The highest BCUT2D eigenvalue weighted by Crippen LogP contribution is 2.38. The van der Waals surface area contributed by atoms with Crippen molar-refractivity contribution in [2.45, 2.75) is 19.9 Å². The van der Waals surface area contributed by atoms with E-state index in [1.54, 1.807) is 14.2 Å². The summed E-state index contributed by atoms with van der Waals surface area (Å²) in [7, 11) is 3.33. The van der Waals surface area contributed by atoms with Crippen molar-refractivity contribution in [3.8, 4) is 11.5 Å². The van der Waals surface area contributed by atoms with Crippen LogP contribution in [0.4, 0.5) is 0 Å². The molecule has 2 N–H and O–H groups in total. The number of rotatable bonds is 4. The Hall–Kier alpha value is -1.52. The number of aryl methyl sites for hydroxylation is 1. The molecule has 0 fully saturated rings. The summed E-state index contributed by atoms with van der Waals surface area (Å²) in [5.41, 5.74) is 10.7. The molecule has 21 heavy (non-hydrogen) atoms. The first-order valence-electron chi connectivity index (χ1n) is 6.72. The highest BCUT2D eigenvalue weighted by atomic mass is 79.9. The minimum Gasteiger partial charge on any atom is -0.497 e. The maximum atomic E-state index is 6.48. The fourth-order valence-electron chi connectivity index (χ4n) is 2.50. The summed E-state index contributed by atoms with van der Waals surface area (Å²) in [6.45, 7) is 4.07. The third-order valence-corrected chi connectivity index (χ3v) is 4.52. The van der Waals surface area contributed by atoms with Crippen molar-refractivity contribution in [1.82, 2.24) is 0 Å². The van der Waals surface area contributed by atoms with E-state index in [1.165, 1.54) is 0 Å². The molecule has 112 valence electrons. The van der Waals surface area contributed by atoms with E-state index in [0.29, 0.717) is 0 Å². The lowest BCUT2D eigenvalue weighted by molar-refractivity contribution is 0.404. The summed E-state index contributed by atoms with van der Waals surface area (Å²) in [5.74, 6) is 1.67. The number of methoxy groups -OCH3 is 2. The normalized spacial score (nSPS) is 12.1. The molecule has 0 spiro atoms. The van der Waals surface area contributed by atoms with Gasteiger partial charge in [-0.1, -0.05) is 28.1 Å². The topological polar surface area (TPSA) is 44.5 Å². The fourth-order valence-corrected chi connectivity index (χ4v) is 3.06. The maximum Gasteiger partial charge on any atom is 0.127 e. The molecular weight excluding hydrogens is 330 g/mol. The van der Waals surface area contributed by atoms with Gasteiger partial charge < -0.3 is 15.2 Å². The highest BCUT2D eigenvalue weighted by Gasteiger charge is 2.20. The Kier molecular flexibility index (Phi) is 4.91. The van der Waals surface area contributed by atoms with Crippen LogP contribution >= 0.6 is 15.9 Å². The molecule has 0 amide bonds. The Balaban J connectivity index is 2.53. The summed E-state index contributed by atoms with van der Waals surface area (Å²) < 4.78 is 11.8. The van der Waals surface area contributed by atoms with Crippen LogP contribution in [0.3, 0.4) is 0 Å². The molecule has 0 radical (unpaired) electrons. The summed E-state index contributed by atoms with van der Waals surface area (Å²) in [4.78, 5) is 0. The van der Waals surface area contributed by atoms with Gasteiger partial charge in [-0.05, 0) is 48.7 Å². The lowest BCUT2D eigenvalue weighted by atomic mass is 9.93. The molecule has 1 unspecified atom stereocenters. The third-order valence-electron chi connectivity index (χ3n) is 3.70. The molecule has 0 heterocycles. The second-order valence-electron chi connectivity index (χ2n) is 5.00. The number of halogens is 1. The van der Waals surface area contributed by atoms with Crippen molar-refractivity contribution in [2.24, 2.45) is 5.73 Å². The average Bonchev–Trinajstić information content (AvgIpc) is 2.50. The first kappa shape index (κ1) is 15.9. The van der Waals surface area contributed by atoms with Crippen LogP contribution in [0.15, 0.2) is 34.8 Å². The summed E-state index contributed by atoms with van der Waals surface area (Å²) in [6.07, 6.45) is 0. The largest absolute Gasteiger partial charge is 0.497 e. The maximum absolute atomic E-state index is 6.48. The minimum absolute atomic E-state index is 0.248. The molecule has 4 heteroatoms. The summed E-state index contributed by atoms with van der Waals surface area (Å²) in [6, 6.07) is 9.61. The number of hydrogen-bond acceptors (Lipinski definition) is 3. The number of nitrogens with two attached hydrogens (primary N) is 1. The predicted octanol–water partition coefficient (Wildman–Crippen LogP) is 4.13. The van der Waals surface area contributed by atoms with E-state index >= 15 is 0 Å². The van der Waals surface area contributed by atoms with Gasteiger partial charge in [-0.2, -0.15) is 0 Å². The molecule has 3 nitrogen and oxygen atoms in total. The van der Waals surface area contributed by atoms with Gasteiger partial charge in [0.1, 0.15) is 11.5 Å². The average molecular weight is 350 g/mol. The van der Waals surface area contributed by atoms with E-state index < -0.39 is 0 Å². The molecule has 0 aliphatic heterocycles. The summed E-state index contributed by atoms with van der Waals surface area (Å²) >= 11 is 3.59. The molecule has 2 aromatic carbocycles. The first-order chi connectivity index (χ1) is 9.99. The van der Waals surface area contributed by atoms with Crippen LogP contribution in [-0.2, 0) is 0 Å². The quantitative estimate of drug-likeness (QED) is 0.902.